The number of hydrogen-bond acceptors (Lipinski definition) is 4. The van der Waals surface area contributed by atoms with E-state index in [4.69, 9.17) is 4.74 Å². The quantitative estimate of drug-likeness (QED) is 0.836. The summed E-state index contributed by atoms with van der Waals surface area (Å²) >= 11 is 3.49. The Morgan fingerprint density at radius 3 is 2.70 bits per heavy atom. The van der Waals surface area contributed by atoms with Crippen LogP contribution in [0.1, 0.15) is 30.9 Å². The van der Waals surface area contributed by atoms with Crippen molar-refractivity contribution in [3.8, 4) is 5.75 Å². The number of fused-ring (bicyclic) bond motifs is 1. The molecule has 2 aliphatic heterocycles. The predicted molar refractivity (Wildman–Crippen MR) is 81.8 cm³/mol. The van der Waals surface area contributed by atoms with Gasteiger partial charge in [-0.15, -0.1) is 0 Å². The highest BCUT2D eigenvalue weighted by Crippen LogP contribution is 2.45. The van der Waals surface area contributed by atoms with Gasteiger partial charge in [0.15, 0.2) is 9.84 Å². The lowest BCUT2D eigenvalue weighted by molar-refractivity contribution is 0.0221. The van der Waals surface area contributed by atoms with Gasteiger partial charge in [-0.2, -0.15) is 0 Å². The fraction of sp³-hybridized carbons (Fsp3) is 0.571. The Labute approximate surface area is 127 Å². The molecule has 1 N–H and O–H groups in total. The van der Waals surface area contributed by atoms with E-state index in [-0.39, 0.29) is 23.1 Å². The standard InChI is InChI=1S/C14H18BrNO3S/c1-16-12-9-14(4-6-20(17,18)7-5-14)19-13-3-2-10(15)8-11(12)13/h2-3,8,12,16H,4-7,9H2,1H3. The Hall–Kier alpha value is -0.590. The van der Waals surface area contributed by atoms with Gasteiger partial charge in [0, 0.05) is 35.3 Å². The second kappa shape index (κ2) is 5.00. The van der Waals surface area contributed by atoms with Gasteiger partial charge in [0.05, 0.1) is 11.5 Å². The first-order valence-corrected chi connectivity index (χ1v) is 9.41. The smallest absolute Gasteiger partial charge is 0.150 e. The third kappa shape index (κ3) is 2.61. The van der Waals surface area contributed by atoms with Gasteiger partial charge >= 0.3 is 0 Å². The second-order valence-corrected chi connectivity index (χ2v) is 8.88. The van der Waals surface area contributed by atoms with Crippen molar-refractivity contribution < 1.29 is 13.2 Å². The highest BCUT2D eigenvalue weighted by Gasteiger charge is 2.44. The highest BCUT2D eigenvalue weighted by molar-refractivity contribution is 9.10. The SMILES string of the molecule is CNC1CC2(CCS(=O)(=O)CC2)Oc2ccc(Br)cc21. The molecule has 1 aromatic rings. The van der Waals surface area contributed by atoms with Crippen LogP contribution in [0.4, 0.5) is 0 Å². The molecule has 1 atom stereocenters. The third-order valence-corrected chi connectivity index (χ3v) is 6.48. The van der Waals surface area contributed by atoms with E-state index in [0.29, 0.717) is 12.8 Å². The molecule has 6 heteroatoms. The lowest BCUT2D eigenvalue weighted by atomic mass is 9.83. The fourth-order valence-electron chi connectivity index (χ4n) is 3.12. The number of nitrogens with one attached hydrogen (secondary N) is 1. The van der Waals surface area contributed by atoms with Crippen LogP contribution in [0, 0.1) is 0 Å². The summed E-state index contributed by atoms with van der Waals surface area (Å²) in [4.78, 5) is 0. The molecule has 0 bridgehead atoms. The van der Waals surface area contributed by atoms with Crippen molar-refractivity contribution in [1.82, 2.24) is 5.32 Å². The van der Waals surface area contributed by atoms with Crippen molar-refractivity contribution in [3.05, 3.63) is 28.2 Å². The van der Waals surface area contributed by atoms with Gasteiger partial charge in [0.2, 0.25) is 0 Å². The van der Waals surface area contributed by atoms with Gasteiger partial charge in [-0.25, -0.2) is 8.42 Å². The Morgan fingerprint density at radius 1 is 1.35 bits per heavy atom. The summed E-state index contributed by atoms with van der Waals surface area (Å²) in [6.45, 7) is 0. The maximum Gasteiger partial charge on any atom is 0.150 e. The molecule has 0 saturated carbocycles. The summed E-state index contributed by atoms with van der Waals surface area (Å²) in [5.41, 5.74) is 0.806. The molecule has 3 rings (SSSR count). The van der Waals surface area contributed by atoms with E-state index in [2.05, 4.69) is 27.3 Å². The second-order valence-electron chi connectivity index (χ2n) is 5.66. The fourth-order valence-corrected chi connectivity index (χ4v) is 5.06. The first-order chi connectivity index (χ1) is 9.43. The molecule has 1 spiro atoms. The minimum atomic E-state index is -2.87. The minimum Gasteiger partial charge on any atom is -0.487 e. The van der Waals surface area contributed by atoms with E-state index < -0.39 is 9.84 Å². The molecule has 1 aromatic carbocycles. The van der Waals surface area contributed by atoms with E-state index in [9.17, 15) is 8.42 Å². The van der Waals surface area contributed by atoms with Crippen LogP contribution in [0.3, 0.4) is 0 Å². The van der Waals surface area contributed by atoms with Crippen molar-refractivity contribution in [2.24, 2.45) is 0 Å². The topological polar surface area (TPSA) is 55.4 Å². The van der Waals surface area contributed by atoms with E-state index in [1.807, 2.05) is 19.2 Å². The zero-order valence-electron chi connectivity index (χ0n) is 11.4. The largest absolute Gasteiger partial charge is 0.487 e. The average Bonchev–Trinajstić information content (AvgIpc) is 2.42. The Balaban J connectivity index is 1.93. The van der Waals surface area contributed by atoms with Gasteiger partial charge in [-0.1, -0.05) is 15.9 Å². The molecule has 1 saturated heterocycles. The molecule has 20 heavy (non-hydrogen) atoms. The van der Waals surface area contributed by atoms with Crippen molar-refractivity contribution >= 4 is 25.8 Å². The van der Waals surface area contributed by atoms with Gasteiger partial charge in [0.25, 0.3) is 0 Å². The summed E-state index contributed by atoms with van der Waals surface area (Å²) < 4.78 is 30.5. The molecule has 0 amide bonds. The van der Waals surface area contributed by atoms with E-state index in [1.165, 1.54) is 0 Å². The van der Waals surface area contributed by atoms with Crippen LogP contribution in [0.2, 0.25) is 0 Å². The first-order valence-electron chi connectivity index (χ1n) is 6.79. The van der Waals surface area contributed by atoms with Gasteiger partial charge in [-0.3, -0.25) is 0 Å². The van der Waals surface area contributed by atoms with Crippen molar-refractivity contribution in [2.45, 2.75) is 30.9 Å². The van der Waals surface area contributed by atoms with E-state index >= 15 is 0 Å². The monoisotopic (exact) mass is 359 g/mol. The average molecular weight is 360 g/mol. The molecular formula is C14H18BrNO3S. The molecule has 110 valence electrons. The summed E-state index contributed by atoms with van der Waals surface area (Å²) in [7, 11) is -0.936. The number of rotatable bonds is 1. The van der Waals surface area contributed by atoms with Crippen LogP contribution in [0.15, 0.2) is 22.7 Å². The number of sulfone groups is 1. The molecular weight excluding hydrogens is 342 g/mol. The maximum atomic E-state index is 11.6. The molecule has 0 aromatic heterocycles. The molecule has 2 aliphatic rings. The maximum absolute atomic E-state index is 11.6. The first kappa shape index (κ1) is 14.4. The van der Waals surface area contributed by atoms with Crippen LogP contribution in [-0.2, 0) is 9.84 Å². The lowest BCUT2D eigenvalue weighted by Gasteiger charge is -2.44. The van der Waals surface area contributed by atoms with Crippen molar-refractivity contribution in [2.75, 3.05) is 18.6 Å². The van der Waals surface area contributed by atoms with Gasteiger partial charge < -0.3 is 10.1 Å². The molecule has 0 aliphatic carbocycles. The molecule has 4 nitrogen and oxygen atoms in total. The number of halogens is 1. The summed E-state index contributed by atoms with van der Waals surface area (Å²) in [6, 6.07) is 6.21. The summed E-state index contributed by atoms with van der Waals surface area (Å²) in [5.74, 6) is 1.34. The molecule has 2 heterocycles. The molecule has 0 radical (unpaired) electrons. The number of benzene rings is 1. The van der Waals surface area contributed by atoms with Crippen LogP contribution in [-0.4, -0.2) is 32.6 Å². The summed E-state index contributed by atoms with van der Waals surface area (Å²) in [5, 5.41) is 3.33. The van der Waals surface area contributed by atoms with Crippen molar-refractivity contribution in [3.63, 3.8) is 0 Å². The Bertz CT molecular complexity index is 615. The predicted octanol–water partition coefficient (Wildman–Crippen LogP) is 2.44. The normalized spacial score (nSPS) is 26.8. The zero-order chi connectivity index (χ0) is 14.4. The molecule has 1 fully saturated rings. The minimum absolute atomic E-state index is 0.206. The third-order valence-electron chi connectivity index (χ3n) is 4.34. The van der Waals surface area contributed by atoms with Crippen LogP contribution in [0.25, 0.3) is 0 Å². The number of hydrogen-bond donors (Lipinski definition) is 1. The van der Waals surface area contributed by atoms with Crippen LogP contribution in [0.5, 0.6) is 5.75 Å². The zero-order valence-corrected chi connectivity index (χ0v) is 13.8. The highest BCUT2D eigenvalue weighted by atomic mass is 79.9. The Kier molecular flexibility index (Phi) is 3.59. The van der Waals surface area contributed by atoms with Gasteiger partial charge in [-0.05, 0) is 25.2 Å². The van der Waals surface area contributed by atoms with E-state index in [1.54, 1.807) is 0 Å². The lowest BCUT2D eigenvalue weighted by Crippen LogP contribution is -2.48. The number of ether oxygens (including phenoxy) is 1. The van der Waals surface area contributed by atoms with Crippen LogP contribution >= 0.6 is 15.9 Å². The Morgan fingerprint density at radius 2 is 2.05 bits per heavy atom. The summed E-state index contributed by atoms with van der Waals surface area (Å²) in [6.07, 6.45) is 1.99. The molecule has 1 unspecified atom stereocenters. The van der Waals surface area contributed by atoms with Crippen LogP contribution < -0.4 is 10.1 Å². The van der Waals surface area contributed by atoms with E-state index in [0.717, 1.165) is 22.2 Å². The van der Waals surface area contributed by atoms with Crippen molar-refractivity contribution in [1.29, 1.82) is 0 Å². The van der Waals surface area contributed by atoms with Gasteiger partial charge in [0.1, 0.15) is 11.4 Å².